The minimum Gasteiger partial charge on any atom is -0.507 e. The van der Waals surface area contributed by atoms with E-state index in [9.17, 15) is 21.9 Å². The molecule has 0 saturated carbocycles. The fourth-order valence-corrected chi connectivity index (χ4v) is 2.44. The average Bonchev–Trinajstić information content (AvgIpc) is 2.29. The molecule has 2 aromatic carbocycles. The molecule has 2 rings (SSSR count). The first-order chi connectivity index (χ1) is 9.57. The Kier molecular flexibility index (Phi) is 3.67. The van der Waals surface area contributed by atoms with E-state index < -0.39 is 32.3 Å². The van der Waals surface area contributed by atoms with Crippen molar-refractivity contribution in [2.45, 2.75) is 0 Å². The van der Waals surface area contributed by atoms with Crippen LogP contribution in [-0.2, 0) is 20.8 Å². The number of hydrogen-bond acceptors (Lipinski definition) is 7. The Hall–Kier alpha value is -2.08. The van der Waals surface area contributed by atoms with E-state index in [-0.39, 0.29) is 16.5 Å². The molecule has 0 saturated heterocycles. The second-order valence-electron chi connectivity index (χ2n) is 3.78. The molecule has 0 aliphatic rings. The molecule has 3 N–H and O–H groups in total. The number of fused-ring (bicyclic) bond motifs is 1. The second-order valence-corrected chi connectivity index (χ2v) is 5.83. The summed E-state index contributed by atoms with van der Waals surface area (Å²) >= 11 is 0. The molecule has 0 unspecified atom stereocenters. The minimum absolute atomic E-state index is 0.0613. The van der Waals surface area contributed by atoms with Crippen LogP contribution in [0.5, 0.6) is 17.2 Å². The summed E-state index contributed by atoms with van der Waals surface area (Å²) < 4.78 is 68.9. The third-order valence-corrected chi connectivity index (χ3v) is 3.11. The fourth-order valence-electron chi connectivity index (χ4n) is 1.70. The van der Waals surface area contributed by atoms with E-state index in [2.05, 4.69) is 8.37 Å². The van der Waals surface area contributed by atoms with E-state index in [1.165, 1.54) is 12.1 Å². The van der Waals surface area contributed by atoms with Crippen LogP contribution < -0.4 is 8.37 Å². The lowest BCUT2D eigenvalue weighted by atomic mass is 10.1. The molecule has 0 radical (unpaired) electrons. The molecule has 21 heavy (non-hydrogen) atoms. The highest BCUT2D eigenvalue weighted by molar-refractivity contribution is 7.81. The molecule has 0 spiro atoms. The monoisotopic (exact) mass is 336 g/mol. The zero-order chi connectivity index (χ0) is 15.8. The third kappa shape index (κ3) is 3.72. The number of rotatable bonds is 4. The van der Waals surface area contributed by atoms with Gasteiger partial charge in [0.05, 0.1) is 5.39 Å². The SMILES string of the molecule is O=S(=O)(O)Oc1ccc(O)c2c(OS(=O)(=O)O)cccc12. The van der Waals surface area contributed by atoms with Crippen LogP contribution in [0.3, 0.4) is 0 Å². The lowest BCUT2D eigenvalue weighted by Gasteiger charge is -2.10. The summed E-state index contributed by atoms with van der Waals surface area (Å²) in [6.45, 7) is 0. The molecule has 0 aromatic heterocycles. The number of phenolic OH excluding ortho intramolecular Hbond substituents is 1. The molecule has 0 heterocycles. The van der Waals surface area contributed by atoms with Crippen LogP contribution in [0, 0.1) is 0 Å². The van der Waals surface area contributed by atoms with Gasteiger partial charge in [0.1, 0.15) is 5.75 Å². The van der Waals surface area contributed by atoms with Gasteiger partial charge in [0.15, 0.2) is 11.5 Å². The summed E-state index contributed by atoms with van der Waals surface area (Å²) in [7, 11) is -9.67. The maximum absolute atomic E-state index is 10.8. The molecule has 2 aromatic rings. The number of aromatic hydroxyl groups is 1. The molecule has 11 heteroatoms. The van der Waals surface area contributed by atoms with E-state index in [0.29, 0.717) is 0 Å². The summed E-state index contributed by atoms with van der Waals surface area (Å²) in [5, 5.41) is 9.46. The predicted molar refractivity (Wildman–Crippen MR) is 70.0 cm³/mol. The van der Waals surface area contributed by atoms with Gasteiger partial charge in [0.25, 0.3) is 0 Å². The quantitative estimate of drug-likeness (QED) is 0.693. The Morgan fingerprint density at radius 2 is 1.38 bits per heavy atom. The molecular weight excluding hydrogens is 328 g/mol. The van der Waals surface area contributed by atoms with Crippen LogP contribution in [0.1, 0.15) is 0 Å². The third-order valence-electron chi connectivity index (χ3n) is 2.33. The highest BCUT2D eigenvalue weighted by atomic mass is 32.3. The van der Waals surface area contributed by atoms with Crippen molar-refractivity contribution < 1.29 is 39.4 Å². The topological polar surface area (TPSA) is 147 Å². The smallest absolute Gasteiger partial charge is 0.446 e. The second kappa shape index (κ2) is 5.04. The molecule has 0 amide bonds. The summed E-state index contributed by atoms with van der Waals surface area (Å²) in [5.41, 5.74) is 0. The van der Waals surface area contributed by atoms with E-state index in [4.69, 9.17) is 9.11 Å². The molecule has 0 aliphatic carbocycles. The number of hydrogen-bond donors (Lipinski definition) is 3. The molecule has 0 aliphatic heterocycles. The van der Waals surface area contributed by atoms with Crippen molar-refractivity contribution in [1.29, 1.82) is 0 Å². The largest absolute Gasteiger partial charge is 0.507 e. The summed E-state index contributed by atoms with van der Waals surface area (Å²) in [6.07, 6.45) is 0. The molecule has 0 fully saturated rings. The van der Waals surface area contributed by atoms with Gasteiger partial charge in [-0.15, -0.1) is 0 Å². The van der Waals surface area contributed by atoms with Crippen LogP contribution in [0.2, 0.25) is 0 Å². The first kappa shape index (κ1) is 15.3. The molecular formula is C10H8O9S2. The lowest BCUT2D eigenvalue weighted by Crippen LogP contribution is -2.08. The van der Waals surface area contributed by atoms with E-state index in [0.717, 1.165) is 18.2 Å². The molecule has 0 bridgehead atoms. The van der Waals surface area contributed by atoms with Crippen LogP contribution in [-0.4, -0.2) is 31.0 Å². The maximum Gasteiger partial charge on any atom is 0.446 e. The summed E-state index contributed by atoms with van der Waals surface area (Å²) in [5.74, 6) is -1.27. The molecule has 9 nitrogen and oxygen atoms in total. The van der Waals surface area contributed by atoms with Crippen molar-refractivity contribution in [3.05, 3.63) is 30.3 Å². The van der Waals surface area contributed by atoms with E-state index in [1.54, 1.807) is 0 Å². The van der Waals surface area contributed by atoms with Crippen LogP contribution in [0.4, 0.5) is 0 Å². The first-order valence-corrected chi connectivity index (χ1v) is 7.88. The Balaban J connectivity index is 2.73. The van der Waals surface area contributed by atoms with Gasteiger partial charge in [0, 0.05) is 5.39 Å². The van der Waals surface area contributed by atoms with Gasteiger partial charge in [-0.05, 0) is 18.2 Å². The van der Waals surface area contributed by atoms with Gasteiger partial charge >= 0.3 is 20.8 Å². The van der Waals surface area contributed by atoms with E-state index >= 15 is 0 Å². The zero-order valence-corrected chi connectivity index (χ0v) is 11.6. The normalized spacial score (nSPS) is 12.3. The van der Waals surface area contributed by atoms with Crippen LogP contribution in [0.15, 0.2) is 30.3 Å². The van der Waals surface area contributed by atoms with Gasteiger partial charge in [-0.25, -0.2) is 0 Å². The number of benzene rings is 2. The fraction of sp³-hybridized carbons (Fsp3) is 0. The Bertz CT molecular complexity index is 900. The first-order valence-electron chi connectivity index (χ1n) is 5.15. The zero-order valence-electron chi connectivity index (χ0n) is 9.99. The van der Waals surface area contributed by atoms with Gasteiger partial charge in [0.2, 0.25) is 0 Å². The Labute approximate surface area is 119 Å². The maximum atomic E-state index is 10.8. The van der Waals surface area contributed by atoms with Crippen LogP contribution >= 0.6 is 0 Å². The van der Waals surface area contributed by atoms with Crippen molar-refractivity contribution in [1.82, 2.24) is 0 Å². The van der Waals surface area contributed by atoms with Gasteiger partial charge < -0.3 is 13.5 Å². The predicted octanol–water partition coefficient (Wildman–Crippen LogP) is 0.909. The van der Waals surface area contributed by atoms with E-state index in [1.807, 2.05) is 0 Å². The van der Waals surface area contributed by atoms with Crippen molar-refractivity contribution in [2.24, 2.45) is 0 Å². The lowest BCUT2D eigenvalue weighted by molar-refractivity contribution is 0.383. The van der Waals surface area contributed by atoms with Crippen molar-refractivity contribution >= 4 is 31.6 Å². The van der Waals surface area contributed by atoms with Crippen LogP contribution in [0.25, 0.3) is 10.8 Å². The molecule has 0 atom stereocenters. The minimum atomic E-state index is -4.85. The average molecular weight is 336 g/mol. The van der Waals surface area contributed by atoms with Gasteiger partial charge in [-0.3, -0.25) is 9.11 Å². The highest BCUT2D eigenvalue weighted by Crippen LogP contribution is 2.39. The summed E-state index contributed by atoms with van der Waals surface area (Å²) in [4.78, 5) is 0. The Morgan fingerprint density at radius 3 is 1.95 bits per heavy atom. The summed E-state index contributed by atoms with van der Waals surface area (Å²) in [6, 6.07) is 5.71. The molecule has 114 valence electrons. The van der Waals surface area contributed by atoms with Crippen molar-refractivity contribution in [2.75, 3.05) is 0 Å². The van der Waals surface area contributed by atoms with Crippen molar-refractivity contribution in [3.63, 3.8) is 0 Å². The Morgan fingerprint density at radius 1 is 0.810 bits per heavy atom. The standard InChI is InChI=1S/C10H8O9S2/c11-7-4-5-8(18-20(12,13)14)6-2-1-3-9(10(6)7)19-21(15,16)17/h1-5,11H,(H,12,13,14)(H,15,16,17). The highest BCUT2D eigenvalue weighted by Gasteiger charge is 2.18. The number of phenols is 1. The van der Waals surface area contributed by atoms with Crippen molar-refractivity contribution in [3.8, 4) is 17.2 Å². The van der Waals surface area contributed by atoms with Gasteiger partial charge in [-0.2, -0.15) is 16.8 Å². The van der Waals surface area contributed by atoms with Gasteiger partial charge in [-0.1, -0.05) is 12.1 Å².